The summed E-state index contributed by atoms with van der Waals surface area (Å²) >= 11 is 6.99. The first-order valence-electron chi connectivity index (χ1n) is 10.1. The van der Waals surface area contributed by atoms with Crippen LogP contribution in [0, 0.1) is 0 Å². The number of carbonyl (C=O) groups excluding carboxylic acids is 1. The van der Waals surface area contributed by atoms with Gasteiger partial charge in [0.2, 0.25) is 0 Å². The van der Waals surface area contributed by atoms with E-state index in [2.05, 4.69) is 14.9 Å². The molecule has 1 unspecified atom stereocenters. The van der Waals surface area contributed by atoms with E-state index >= 15 is 0 Å². The maximum Gasteiger partial charge on any atom is 0.331 e. The van der Waals surface area contributed by atoms with E-state index in [9.17, 15) is 13.8 Å². The molecular formula is C23H19ClN4O3S2. The lowest BCUT2D eigenvalue weighted by atomic mass is 10.0. The summed E-state index contributed by atoms with van der Waals surface area (Å²) in [6.07, 6.45) is 0. The second-order valence-electron chi connectivity index (χ2n) is 7.71. The Labute approximate surface area is 201 Å². The summed E-state index contributed by atoms with van der Waals surface area (Å²) in [5.41, 5.74) is 3.30. The smallest absolute Gasteiger partial charge is 0.307 e. The Morgan fingerprint density at radius 3 is 2.45 bits per heavy atom. The summed E-state index contributed by atoms with van der Waals surface area (Å²) in [5.74, 6) is 0. The van der Waals surface area contributed by atoms with Crippen molar-refractivity contribution in [3.05, 3.63) is 86.6 Å². The first-order chi connectivity index (χ1) is 15.9. The highest BCUT2D eigenvalue weighted by Gasteiger charge is 2.24. The Morgan fingerprint density at radius 2 is 1.76 bits per heavy atom. The van der Waals surface area contributed by atoms with Crippen LogP contribution in [0.1, 0.15) is 11.3 Å². The van der Waals surface area contributed by atoms with Gasteiger partial charge in [-0.15, -0.1) is 11.3 Å². The predicted octanol–water partition coefficient (Wildman–Crippen LogP) is 4.50. The van der Waals surface area contributed by atoms with Crippen LogP contribution >= 0.6 is 22.9 Å². The van der Waals surface area contributed by atoms with Crippen LogP contribution in [0.2, 0.25) is 4.34 Å². The Morgan fingerprint density at radius 1 is 1.03 bits per heavy atom. The molecule has 5 rings (SSSR count). The summed E-state index contributed by atoms with van der Waals surface area (Å²) < 4.78 is 17.3. The van der Waals surface area contributed by atoms with Crippen LogP contribution in [-0.2, 0) is 24.1 Å². The molecule has 33 heavy (non-hydrogen) atoms. The van der Waals surface area contributed by atoms with Crippen molar-refractivity contribution < 1.29 is 9.00 Å². The van der Waals surface area contributed by atoms with Crippen LogP contribution in [0.4, 0.5) is 10.5 Å². The molecule has 0 radical (unpaired) electrons. The minimum absolute atomic E-state index is 0.0666. The van der Waals surface area contributed by atoms with E-state index in [4.69, 9.17) is 11.6 Å². The van der Waals surface area contributed by atoms with Gasteiger partial charge in [-0.1, -0.05) is 29.8 Å². The highest BCUT2D eigenvalue weighted by molar-refractivity contribution is 7.86. The molecule has 0 fully saturated rings. The second kappa shape index (κ2) is 8.75. The number of nitrogens with zero attached hydrogens (tertiary/aromatic N) is 2. The van der Waals surface area contributed by atoms with Gasteiger partial charge < -0.3 is 5.32 Å². The average Bonchev–Trinajstić information content (AvgIpc) is 3.40. The van der Waals surface area contributed by atoms with Gasteiger partial charge in [-0.05, 0) is 60.5 Å². The second-order valence-corrected chi connectivity index (χ2v) is 10.9. The van der Waals surface area contributed by atoms with Crippen molar-refractivity contribution >= 4 is 56.4 Å². The highest BCUT2D eigenvalue weighted by atomic mass is 35.5. The molecule has 1 aliphatic heterocycles. The lowest BCUT2D eigenvalue weighted by molar-refractivity contribution is 0.257. The minimum Gasteiger partial charge on any atom is -0.307 e. The molecule has 168 valence electrons. The number of fused-ring (bicyclic) bond motifs is 3. The summed E-state index contributed by atoms with van der Waals surface area (Å²) in [7, 11) is 0.333. The fourth-order valence-electron chi connectivity index (χ4n) is 4.05. The molecule has 0 aliphatic carbocycles. The molecule has 0 spiro atoms. The number of urea groups is 1. The van der Waals surface area contributed by atoms with Gasteiger partial charge in [0.25, 0.3) is 5.56 Å². The number of carbonyl (C=O) groups is 1. The molecule has 2 aromatic heterocycles. The number of amides is 2. The van der Waals surface area contributed by atoms with Gasteiger partial charge in [-0.2, -0.15) is 0 Å². The molecule has 2 aromatic carbocycles. The summed E-state index contributed by atoms with van der Waals surface area (Å²) in [6.45, 7) is 1.46. The third-order valence-electron chi connectivity index (χ3n) is 5.45. The number of hydrogen-bond acceptors (Lipinski definition) is 5. The van der Waals surface area contributed by atoms with Gasteiger partial charge in [0.1, 0.15) is 4.21 Å². The molecule has 4 aromatic rings. The SMILES string of the molecule is CN1Cc2c(n(-c3ccc(NC(=O)NS(=O)c4ccc(Cl)s4)cc3)c(=O)c3ccccc23)C1. The van der Waals surface area contributed by atoms with Crippen molar-refractivity contribution in [3.63, 3.8) is 0 Å². The molecule has 0 saturated heterocycles. The number of halogens is 1. The number of nitrogens with one attached hydrogen (secondary N) is 2. The zero-order valence-electron chi connectivity index (χ0n) is 17.5. The van der Waals surface area contributed by atoms with Crippen LogP contribution in [-0.4, -0.2) is 26.8 Å². The molecule has 2 amide bonds. The monoisotopic (exact) mass is 498 g/mol. The van der Waals surface area contributed by atoms with Crippen molar-refractivity contribution in [2.45, 2.75) is 17.3 Å². The number of pyridine rings is 1. The van der Waals surface area contributed by atoms with Gasteiger partial charge in [-0.25, -0.2) is 9.00 Å². The number of rotatable bonds is 4. The Hall–Kier alpha value is -2.98. The van der Waals surface area contributed by atoms with Crippen LogP contribution in [0.5, 0.6) is 0 Å². The van der Waals surface area contributed by atoms with E-state index < -0.39 is 17.0 Å². The summed E-state index contributed by atoms with van der Waals surface area (Å²) in [5, 5.41) is 4.34. The third-order valence-corrected chi connectivity index (χ3v) is 8.05. The predicted molar refractivity (Wildman–Crippen MR) is 133 cm³/mol. The minimum atomic E-state index is -1.70. The Balaban J connectivity index is 1.41. The quantitative estimate of drug-likeness (QED) is 0.434. The van der Waals surface area contributed by atoms with E-state index in [1.807, 2.05) is 31.3 Å². The van der Waals surface area contributed by atoms with E-state index in [1.165, 1.54) is 0 Å². The molecule has 7 nitrogen and oxygen atoms in total. The molecule has 1 atom stereocenters. The number of benzene rings is 2. The number of hydrogen-bond donors (Lipinski definition) is 2. The van der Waals surface area contributed by atoms with Crippen molar-refractivity contribution in [2.24, 2.45) is 0 Å². The number of thiophene rings is 1. The lowest BCUT2D eigenvalue weighted by Gasteiger charge is -2.15. The van der Waals surface area contributed by atoms with Crippen LogP contribution in [0.3, 0.4) is 0 Å². The standard InChI is InChI=1S/C23H19ClN4O3S2/c1-27-12-18-16-4-2-3-5-17(16)22(29)28(19(18)13-27)15-8-6-14(7-9-15)25-23(30)26-33(31)21-11-10-20(24)32-21/h2-11H,12-13H2,1H3,(H2,25,26,30). The number of anilines is 1. The third kappa shape index (κ3) is 4.20. The van der Waals surface area contributed by atoms with E-state index in [0.717, 1.165) is 40.2 Å². The topological polar surface area (TPSA) is 83.4 Å². The van der Waals surface area contributed by atoms with E-state index in [-0.39, 0.29) is 5.56 Å². The van der Waals surface area contributed by atoms with Crippen molar-refractivity contribution in [1.82, 2.24) is 14.2 Å². The fourth-order valence-corrected chi connectivity index (χ4v) is 6.17. The van der Waals surface area contributed by atoms with E-state index in [1.54, 1.807) is 41.0 Å². The first kappa shape index (κ1) is 21.8. The maximum atomic E-state index is 13.3. The van der Waals surface area contributed by atoms with Crippen molar-refractivity contribution in [1.29, 1.82) is 0 Å². The highest BCUT2D eigenvalue weighted by Crippen LogP contribution is 2.29. The molecular weight excluding hydrogens is 480 g/mol. The zero-order valence-corrected chi connectivity index (χ0v) is 19.9. The molecule has 10 heteroatoms. The molecule has 0 saturated carbocycles. The molecule has 3 heterocycles. The van der Waals surface area contributed by atoms with Gasteiger partial charge in [0.15, 0.2) is 11.0 Å². The largest absolute Gasteiger partial charge is 0.331 e. The summed E-state index contributed by atoms with van der Waals surface area (Å²) in [4.78, 5) is 27.8. The molecule has 2 N–H and O–H groups in total. The average molecular weight is 499 g/mol. The first-order valence-corrected chi connectivity index (χ1v) is 12.4. The normalized spacial score (nSPS) is 14.2. The summed E-state index contributed by atoms with van der Waals surface area (Å²) in [6, 6.07) is 17.3. The van der Waals surface area contributed by atoms with E-state index in [0.29, 0.717) is 26.2 Å². The van der Waals surface area contributed by atoms with Gasteiger partial charge >= 0.3 is 6.03 Å². The number of aromatic nitrogens is 1. The van der Waals surface area contributed by atoms with Crippen molar-refractivity contribution in [3.8, 4) is 5.69 Å². The Kier molecular flexibility index (Phi) is 5.79. The van der Waals surface area contributed by atoms with Crippen molar-refractivity contribution in [2.75, 3.05) is 12.4 Å². The molecule has 1 aliphatic rings. The molecule has 0 bridgehead atoms. The lowest BCUT2D eigenvalue weighted by Crippen LogP contribution is -2.30. The van der Waals surface area contributed by atoms with Crippen LogP contribution < -0.4 is 15.6 Å². The Bertz CT molecular complexity index is 1460. The maximum absolute atomic E-state index is 13.3. The van der Waals surface area contributed by atoms with Crippen LogP contribution in [0.15, 0.2) is 69.7 Å². The van der Waals surface area contributed by atoms with Gasteiger partial charge in [0.05, 0.1) is 4.34 Å². The fraction of sp³-hybridized carbons (Fsp3) is 0.130. The zero-order chi connectivity index (χ0) is 23.1. The van der Waals surface area contributed by atoms with Crippen LogP contribution in [0.25, 0.3) is 16.5 Å². The van der Waals surface area contributed by atoms with Gasteiger partial charge in [-0.3, -0.25) is 19.0 Å². The van der Waals surface area contributed by atoms with Gasteiger partial charge in [0, 0.05) is 35.5 Å².